The van der Waals surface area contributed by atoms with Crippen molar-refractivity contribution < 1.29 is 9.90 Å². The largest absolute Gasteiger partial charge is 0.478 e. The lowest BCUT2D eigenvalue weighted by molar-refractivity contribution is 0.0697. The van der Waals surface area contributed by atoms with Gasteiger partial charge >= 0.3 is 5.97 Å². The van der Waals surface area contributed by atoms with Crippen LogP contribution in [0.3, 0.4) is 0 Å². The number of aromatic nitrogens is 2. The molecule has 15 heavy (non-hydrogen) atoms. The molecule has 0 saturated carbocycles. The fourth-order valence-electron chi connectivity index (χ4n) is 1.19. The highest BCUT2D eigenvalue weighted by Crippen LogP contribution is 2.29. The van der Waals surface area contributed by atoms with E-state index in [1.807, 2.05) is 17.5 Å². The van der Waals surface area contributed by atoms with E-state index in [0.29, 0.717) is 5.56 Å². The summed E-state index contributed by atoms with van der Waals surface area (Å²) in [5, 5.41) is 17.9. The molecular weight excluding hydrogens is 236 g/mol. The average molecular weight is 241 g/mol. The van der Waals surface area contributed by atoms with Gasteiger partial charge in [0.25, 0.3) is 0 Å². The van der Waals surface area contributed by atoms with E-state index in [4.69, 9.17) is 16.7 Å². The summed E-state index contributed by atoms with van der Waals surface area (Å²) in [6, 6.07) is 3.64. The average Bonchev–Trinajstić information content (AvgIpc) is 2.69. The van der Waals surface area contributed by atoms with Crippen LogP contribution in [-0.4, -0.2) is 21.3 Å². The number of nitrogens with zero attached hydrogens (tertiary/aromatic N) is 2. The molecule has 2 rings (SSSR count). The van der Waals surface area contributed by atoms with Crippen LogP contribution in [0.5, 0.6) is 0 Å². The van der Waals surface area contributed by atoms with Gasteiger partial charge in [0.15, 0.2) is 5.15 Å². The molecule has 2 heterocycles. The molecule has 0 unspecified atom stereocenters. The molecule has 6 heteroatoms. The van der Waals surface area contributed by atoms with Crippen molar-refractivity contribution in [3.63, 3.8) is 0 Å². The number of thiophene rings is 1. The number of carboxylic acid groups (broad SMARTS) is 1. The number of carboxylic acids is 1. The summed E-state index contributed by atoms with van der Waals surface area (Å²) in [4.78, 5) is 11.8. The van der Waals surface area contributed by atoms with Crippen LogP contribution in [0.15, 0.2) is 23.7 Å². The molecule has 0 saturated heterocycles. The number of hydrogen-bond donors (Lipinski definition) is 1. The highest BCUT2D eigenvalue weighted by atomic mass is 35.5. The number of halogens is 1. The Morgan fingerprint density at radius 2 is 2.33 bits per heavy atom. The molecule has 0 aliphatic carbocycles. The van der Waals surface area contributed by atoms with Gasteiger partial charge in [-0.1, -0.05) is 17.7 Å². The Bertz CT molecular complexity index is 499. The minimum absolute atomic E-state index is 0.00545. The molecule has 0 amide bonds. The maximum atomic E-state index is 11.0. The highest BCUT2D eigenvalue weighted by Gasteiger charge is 2.17. The van der Waals surface area contributed by atoms with Crippen molar-refractivity contribution in [2.24, 2.45) is 0 Å². The molecule has 0 bridgehead atoms. The monoisotopic (exact) mass is 240 g/mol. The minimum atomic E-state index is -1.10. The first kappa shape index (κ1) is 10.1. The zero-order valence-corrected chi connectivity index (χ0v) is 8.92. The van der Waals surface area contributed by atoms with E-state index in [1.54, 1.807) is 0 Å². The number of carbonyl (C=O) groups is 1. The van der Waals surface area contributed by atoms with E-state index in [0.717, 1.165) is 4.88 Å². The molecule has 1 N–H and O–H groups in total. The quantitative estimate of drug-likeness (QED) is 0.876. The molecule has 4 nitrogen and oxygen atoms in total. The van der Waals surface area contributed by atoms with Crippen LogP contribution in [0.2, 0.25) is 5.15 Å². The first-order valence-electron chi connectivity index (χ1n) is 3.98. The van der Waals surface area contributed by atoms with Crippen molar-refractivity contribution in [1.29, 1.82) is 0 Å². The van der Waals surface area contributed by atoms with Crippen LogP contribution in [0.1, 0.15) is 10.4 Å². The lowest BCUT2D eigenvalue weighted by Gasteiger charge is -2.03. The normalized spacial score (nSPS) is 10.2. The number of aromatic carboxylic acids is 1. The predicted octanol–water partition coefficient (Wildman–Crippen LogP) is 2.56. The Hall–Kier alpha value is -1.46. The maximum Gasteiger partial charge on any atom is 0.339 e. The van der Waals surface area contributed by atoms with Crippen LogP contribution in [-0.2, 0) is 0 Å². The summed E-state index contributed by atoms with van der Waals surface area (Å²) >= 11 is 7.12. The van der Waals surface area contributed by atoms with E-state index >= 15 is 0 Å². The fourth-order valence-corrected chi connectivity index (χ4v) is 2.15. The molecule has 2 aromatic rings. The molecule has 0 radical (unpaired) electrons. The Morgan fingerprint density at radius 1 is 1.53 bits per heavy atom. The summed E-state index contributed by atoms with van der Waals surface area (Å²) in [6.45, 7) is 0. The molecule has 0 atom stereocenters. The lowest BCUT2D eigenvalue weighted by atomic mass is 10.1. The second-order valence-corrected chi connectivity index (χ2v) is 4.01. The zero-order chi connectivity index (χ0) is 10.8. The van der Waals surface area contributed by atoms with Crippen molar-refractivity contribution in [3.05, 3.63) is 34.4 Å². The standard InChI is InChI=1S/C9H5ClN2O2S/c10-8-7(9(13)14)5(4-11-12-8)6-2-1-3-15-6/h1-4H,(H,13,14). The number of rotatable bonds is 2. The fraction of sp³-hybridized carbons (Fsp3) is 0. The van der Waals surface area contributed by atoms with Gasteiger partial charge in [0.1, 0.15) is 5.56 Å². The van der Waals surface area contributed by atoms with Crippen molar-refractivity contribution in [3.8, 4) is 10.4 Å². The predicted molar refractivity (Wildman–Crippen MR) is 57.3 cm³/mol. The molecule has 0 aromatic carbocycles. The van der Waals surface area contributed by atoms with Gasteiger partial charge in [-0.05, 0) is 11.4 Å². The van der Waals surface area contributed by atoms with Crippen molar-refractivity contribution in [2.45, 2.75) is 0 Å². The molecule has 0 fully saturated rings. The van der Waals surface area contributed by atoms with Crippen LogP contribution in [0.4, 0.5) is 0 Å². The van der Waals surface area contributed by atoms with Gasteiger partial charge in [0.2, 0.25) is 0 Å². The Kier molecular flexibility index (Phi) is 2.66. The van der Waals surface area contributed by atoms with Crippen LogP contribution < -0.4 is 0 Å². The van der Waals surface area contributed by atoms with E-state index in [9.17, 15) is 4.79 Å². The summed E-state index contributed by atoms with van der Waals surface area (Å²) < 4.78 is 0. The van der Waals surface area contributed by atoms with Crippen molar-refractivity contribution in [2.75, 3.05) is 0 Å². The molecule has 2 aromatic heterocycles. The van der Waals surface area contributed by atoms with Crippen molar-refractivity contribution in [1.82, 2.24) is 10.2 Å². The Balaban J connectivity index is 2.66. The van der Waals surface area contributed by atoms with Gasteiger partial charge in [-0.3, -0.25) is 0 Å². The summed E-state index contributed by atoms with van der Waals surface area (Å²) in [7, 11) is 0. The topological polar surface area (TPSA) is 63.1 Å². The zero-order valence-electron chi connectivity index (χ0n) is 7.35. The lowest BCUT2D eigenvalue weighted by Crippen LogP contribution is -2.03. The molecule has 0 aliphatic heterocycles. The first-order valence-corrected chi connectivity index (χ1v) is 5.24. The number of hydrogen-bond acceptors (Lipinski definition) is 4. The van der Waals surface area contributed by atoms with Crippen LogP contribution in [0.25, 0.3) is 10.4 Å². The minimum Gasteiger partial charge on any atom is -0.478 e. The van der Waals surface area contributed by atoms with Crippen LogP contribution >= 0.6 is 22.9 Å². The van der Waals surface area contributed by atoms with Gasteiger partial charge in [-0.15, -0.1) is 16.4 Å². The van der Waals surface area contributed by atoms with Crippen LogP contribution in [0, 0.1) is 0 Å². The molecule has 0 spiro atoms. The Labute approximate surface area is 94.2 Å². The maximum absolute atomic E-state index is 11.0. The van der Waals surface area contributed by atoms with E-state index < -0.39 is 5.97 Å². The molecular formula is C9H5ClN2O2S. The van der Waals surface area contributed by atoms with Crippen molar-refractivity contribution >= 4 is 28.9 Å². The summed E-state index contributed by atoms with van der Waals surface area (Å²) in [5.74, 6) is -1.10. The first-order chi connectivity index (χ1) is 7.20. The summed E-state index contributed by atoms with van der Waals surface area (Å²) in [6.07, 6.45) is 1.40. The van der Waals surface area contributed by atoms with Gasteiger partial charge < -0.3 is 5.11 Å². The third-order valence-corrected chi connectivity index (χ3v) is 2.98. The summed E-state index contributed by atoms with van der Waals surface area (Å²) in [5.41, 5.74) is 0.492. The van der Waals surface area contributed by atoms with E-state index in [2.05, 4.69) is 10.2 Å². The van der Waals surface area contributed by atoms with Gasteiger partial charge in [0, 0.05) is 10.4 Å². The Morgan fingerprint density at radius 3 is 2.93 bits per heavy atom. The van der Waals surface area contributed by atoms with Gasteiger partial charge in [0.05, 0.1) is 6.20 Å². The second-order valence-electron chi connectivity index (χ2n) is 2.71. The smallest absolute Gasteiger partial charge is 0.339 e. The third kappa shape index (κ3) is 1.84. The van der Waals surface area contributed by atoms with E-state index in [1.165, 1.54) is 17.5 Å². The SMILES string of the molecule is O=C(O)c1c(-c2cccs2)cnnc1Cl. The van der Waals surface area contributed by atoms with Gasteiger partial charge in [-0.25, -0.2) is 4.79 Å². The molecule has 76 valence electrons. The highest BCUT2D eigenvalue weighted by molar-refractivity contribution is 7.13. The second kappa shape index (κ2) is 3.96. The molecule has 0 aliphatic rings. The van der Waals surface area contributed by atoms with Gasteiger partial charge in [-0.2, -0.15) is 5.10 Å². The third-order valence-electron chi connectivity index (χ3n) is 1.81. The van der Waals surface area contributed by atoms with E-state index in [-0.39, 0.29) is 10.7 Å².